The number of urea groups is 1. The van der Waals surface area contributed by atoms with Gasteiger partial charge in [-0.3, -0.25) is 4.79 Å². The van der Waals surface area contributed by atoms with Gasteiger partial charge < -0.3 is 20.1 Å². The van der Waals surface area contributed by atoms with Gasteiger partial charge in [0, 0.05) is 26.7 Å². The van der Waals surface area contributed by atoms with Gasteiger partial charge in [-0.1, -0.05) is 25.3 Å². The van der Waals surface area contributed by atoms with Gasteiger partial charge in [-0.15, -0.1) is 6.58 Å². The summed E-state index contributed by atoms with van der Waals surface area (Å²) in [5.74, 6) is -0.810. The van der Waals surface area contributed by atoms with E-state index in [2.05, 4.69) is 11.9 Å². The zero-order valence-electron chi connectivity index (χ0n) is 12.8. The SMILES string of the molecule is C=CCN(CCOC)C(=O)NCC1(C(=O)O)CCCCC1. The highest BCUT2D eigenvalue weighted by atomic mass is 16.5. The van der Waals surface area contributed by atoms with E-state index >= 15 is 0 Å². The monoisotopic (exact) mass is 298 g/mol. The van der Waals surface area contributed by atoms with Crippen LogP contribution in [0.25, 0.3) is 0 Å². The molecule has 1 aliphatic carbocycles. The Morgan fingerprint density at radius 2 is 2.05 bits per heavy atom. The molecule has 2 N–H and O–H groups in total. The van der Waals surface area contributed by atoms with Crippen molar-refractivity contribution >= 4 is 12.0 Å². The number of hydrogen-bond donors (Lipinski definition) is 2. The minimum atomic E-state index is -0.811. The largest absolute Gasteiger partial charge is 0.481 e. The highest BCUT2D eigenvalue weighted by Crippen LogP contribution is 2.36. The first kappa shape index (κ1) is 17.5. The van der Waals surface area contributed by atoms with E-state index < -0.39 is 11.4 Å². The van der Waals surface area contributed by atoms with Crippen molar-refractivity contribution < 1.29 is 19.4 Å². The molecule has 1 fully saturated rings. The number of rotatable bonds is 8. The molecule has 1 saturated carbocycles. The average molecular weight is 298 g/mol. The molecule has 0 aromatic carbocycles. The fourth-order valence-electron chi connectivity index (χ4n) is 2.68. The van der Waals surface area contributed by atoms with Gasteiger partial charge in [0.25, 0.3) is 0 Å². The molecule has 0 radical (unpaired) electrons. The number of hydrogen-bond acceptors (Lipinski definition) is 3. The molecule has 1 rings (SSSR count). The molecule has 0 aromatic rings. The summed E-state index contributed by atoms with van der Waals surface area (Å²) >= 11 is 0. The summed E-state index contributed by atoms with van der Waals surface area (Å²) in [6.07, 6.45) is 5.77. The predicted octanol–water partition coefficient (Wildman–Crippen LogP) is 1.87. The molecular formula is C15H26N2O4. The van der Waals surface area contributed by atoms with Crippen LogP contribution >= 0.6 is 0 Å². The van der Waals surface area contributed by atoms with Gasteiger partial charge in [0.1, 0.15) is 0 Å². The smallest absolute Gasteiger partial charge is 0.317 e. The lowest BCUT2D eigenvalue weighted by molar-refractivity contribution is -0.150. The Kier molecular flexibility index (Phi) is 7.22. The normalized spacial score (nSPS) is 17.0. The van der Waals surface area contributed by atoms with E-state index in [1.807, 2.05) is 0 Å². The predicted molar refractivity (Wildman–Crippen MR) is 80.2 cm³/mol. The number of methoxy groups -OCH3 is 1. The minimum absolute atomic E-state index is 0.182. The van der Waals surface area contributed by atoms with Crippen molar-refractivity contribution in [1.82, 2.24) is 10.2 Å². The number of amides is 2. The maximum absolute atomic E-state index is 12.2. The molecule has 0 bridgehead atoms. The van der Waals surface area contributed by atoms with Crippen LogP contribution in [0.2, 0.25) is 0 Å². The second-order valence-corrected chi connectivity index (χ2v) is 5.53. The topological polar surface area (TPSA) is 78.9 Å². The number of nitrogens with one attached hydrogen (secondary N) is 1. The third kappa shape index (κ3) is 5.04. The Bertz CT molecular complexity index is 365. The first-order chi connectivity index (χ1) is 10.1. The van der Waals surface area contributed by atoms with Crippen molar-refractivity contribution in [2.75, 3.05) is 33.4 Å². The van der Waals surface area contributed by atoms with Crippen molar-refractivity contribution in [3.05, 3.63) is 12.7 Å². The van der Waals surface area contributed by atoms with Crippen molar-refractivity contribution in [3.8, 4) is 0 Å². The van der Waals surface area contributed by atoms with Crippen LogP contribution in [0.3, 0.4) is 0 Å². The third-order valence-electron chi connectivity index (χ3n) is 4.04. The molecule has 6 nitrogen and oxygen atoms in total. The van der Waals surface area contributed by atoms with Crippen LogP contribution in [-0.4, -0.2) is 55.4 Å². The Morgan fingerprint density at radius 3 is 2.57 bits per heavy atom. The van der Waals surface area contributed by atoms with Crippen LogP contribution in [-0.2, 0) is 9.53 Å². The van der Waals surface area contributed by atoms with E-state index in [0.717, 1.165) is 19.3 Å². The summed E-state index contributed by atoms with van der Waals surface area (Å²) in [5.41, 5.74) is -0.811. The summed E-state index contributed by atoms with van der Waals surface area (Å²) in [5, 5.41) is 12.3. The van der Waals surface area contributed by atoms with Gasteiger partial charge in [-0.05, 0) is 12.8 Å². The average Bonchev–Trinajstić information content (AvgIpc) is 2.49. The maximum atomic E-state index is 12.2. The number of aliphatic carboxylic acids is 1. The summed E-state index contributed by atoms with van der Waals surface area (Å²) in [4.78, 5) is 25.3. The van der Waals surface area contributed by atoms with Gasteiger partial charge in [-0.25, -0.2) is 4.79 Å². The molecule has 120 valence electrons. The zero-order valence-corrected chi connectivity index (χ0v) is 12.8. The van der Waals surface area contributed by atoms with Crippen LogP contribution in [0, 0.1) is 5.41 Å². The van der Waals surface area contributed by atoms with E-state index in [0.29, 0.717) is 32.5 Å². The first-order valence-electron chi connectivity index (χ1n) is 7.42. The van der Waals surface area contributed by atoms with Gasteiger partial charge in [0.15, 0.2) is 0 Å². The lowest BCUT2D eigenvalue weighted by Crippen LogP contribution is -2.49. The van der Waals surface area contributed by atoms with E-state index in [1.165, 1.54) is 0 Å². The molecule has 0 aromatic heterocycles. The molecule has 21 heavy (non-hydrogen) atoms. The van der Waals surface area contributed by atoms with Crippen LogP contribution in [0.5, 0.6) is 0 Å². The summed E-state index contributed by atoms with van der Waals surface area (Å²) in [6.45, 7) is 5.11. The second-order valence-electron chi connectivity index (χ2n) is 5.53. The summed E-state index contributed by atoms with van der Waals surface area (Å²) < 4.78 is 4.97. The van der Waals surface area contributed by atoms with E-state index in [1.54, 1.807) is 18.1 Å². The Hall–Kier alpha value is -1.56. The molecule has 0 atom stereocenters. The van der Waals surface area contributed by atoms with Crippen LogP contribution in [0.15, 0.2) is 12.7 Å². The Labute approximate surface area is 126 Å². The van der Waals surface area contributed by atoms with Gasteiger partial charge in [0.2, 0.25) is 0 Å². The van der Waals surface area contributed by atoms with Crippen molar-refractivity contribution in [2.45, 2.75) is 32.1 Å². The summed E-state index contributed by atoms with van der Waals surface area (Å²) in [7, 11) is 1.57. The van der Waals surface area contributed by atoms with Crippen molar-refractivity contribution in [3.63, 3.8) is 0 Å². The molecular weight excluding hydrogens is 272 g/mol. The lowest BCUT2D eigenvalue weighted by atomic mass is 9.74. The molecule has 0 aliphatic heterocycles. The standard InChI is InChI=1S/C15H26N2O4/c1-3-9-17(10-11-21-2)14(20)16-12-15(13(18)19)7-5-4-6-8-15/h3H,1,4-12H2,2H3,(H,16,20)(H,18,19). The van der Waals surface area contributed by atoms with Gasteiger partial charge >= 0.3 is 12.0 Å². The molecule has 0 unspecified atom stereocenters. The number of ether oxygens (including phenoxy) is 1. The summed E-state index contributed by atoms with van der Waals surface area (Å²) in [6, 6.07) is -0.266. The lowest BCUT2D eigenvalue weighted by Gasteiger charge is -2.34. The third-order valence-corrected chi connectivity index (χ3v) is 4.04. The molecule has 0 heterocycles. The number of nitrogens with zero attached hydrogens (tertiary/aromatic N) is 1. The molecule has 0 spiro atoms. The minimum Gasteiger partial charge on any atom is -0.481 e. The van der Waals surface area contributed by atoms with Crippen LogP contribution in [0.4, 0.5) is 4.79 Å². The van der Waals surface area contributed by atoms with E-state index in [9.17, 15) is 14.7 Å². The number of carbonyl (C=O) groups is 2. The molecule has 2 amide bonds. The highest BCUT2D eigenvalue weighted by molar-refractivity contribution is 5.78. The van der Waals surface area contributed by atoms with Crippen LogP contribution in [0.1, 0.15) is 32.1 Å². The Morgan fingerprint density at radius 1 is 1.38 bits per heavy atom. The molecule has 6 heteroatoms. The van der Waals surface area contributed by atoms with Gasteiger partial charge in [0.05, 0.1) is 12.0 Å². The number of carbonyl (C=O) groups excluding carboxylic acids is 1. The first-order valence-corrected chi connectivity index (χ1v) is 7.42. The van der Waals surface area contributed by atoms with Crippen molar-refractivity contribution in [2.24, 2.45) is 5.41 Å². The maximum Gasteiger partial charge on any atom is 0.317 e. The molecule has 1 aliphatic rings. The van der Waals surface area contributed by atoms with E-state index in [4.69, 9.17) is 4.74 Å². The molecule has 0 saturated heterocycles. The fourth-order valence-corrected chi connectivity index (χ4v) is 2.68. The quantitative estimate of drug-likeness (QED) is 0.670. The fraction of sp³-hybridized carbons (Fsp3) is 0.733. The highest BCUT2D eigenvalue weighted by Gasteiger charge is 2.40. The Balaban J connectivity index is 2.58. The van der Waals surface area contributed by atoms with Gasteiger partial charge in [-0.2, -0.15) is 0 Å². The number of carboxylic acids is 1. The number of carboxylic acid groups (broad SMARTS) is 1. The van der Waals surface area contributed by atoms with Crippen LogP contribution < -0.4 is 5.32 Å². The van der Waals surface area contributed by atoms with Crippen molar-refractivity contribution in [1.29, 1.82) is 0 Å². The zero-order chi connectivity index (χ0) is 15.7. The van der Waals surface area contributed by atoms with E-state index in [-0.39, 0.29) is 12.6 Å². The second kappa shape index (κ2) is 8.67.